The molecule has 0 spiro atoms. The van der Waals surface area contributed by atoms with E-state index in [2.05, 4.69) is 32.0 Å². The second-order valence-corrected chi connectivity index (χ2v) is 4.90. The Morgan fingerprint density at radius 2 is 1.72 bits per heavy atom. The highest BCUT2D eigenvalue weighted by molar-refractivity contribution is 5.30. The lowest BCUT2D eigenvalue weighted by molar-refractivity contribution is 0.168. The highest BCUT2D eigenvalue weighted by atomic mass is 16.3. The van der Waals surface area contributed by atoms with Crippen molar-refractivity contribution in [2.75, 3.05) is 0 Å². The van der Waals surface area contributed by atoms with E-state index in [9.17, 15) is 5.11 Å². The van der Waals surface area contributed by atoms with Gasteiger partial charge in [0.15, 0.2) is 0 Å². The van der Waals surface area contributed by atoms with E-state index < -0.39 is 0 Å². The summed E-state index contributed by atoms with van der Waals surface area (Å²) in [5, 5.41) is 10.1. The monoisotopic (exact) mass is 240 g/mol. The van der Waals surface area contributed by atoms with Crippen molar-refractivity contribution >= 4 is 0 Å². The molecular weight excluding hydrogens is 220 g/mol. The summed E-state index contributed by atoms with van der Waals surface area (Å²) >= 11 is 0. The Hall–Kier alpha value is -1.60. The summed E-state index contributed by atoms with van der Waals surface area (Å²) in [7, 11) is 0. The van der Waals surface area contributed by atoms with Gasteiger partial charge < -0.3 is 5.11 Å². The van der Waals surface area contributed by atoms with Gasteiger partial charge in [0.2, 0.25) is 0 Å². The fraction of sp³-hybridized carbons (Fsp3) is 0.294. The van der Waals surface area contributed by atoms with Crippen molar-refractivity contribution in [3.8, 4) is 0 Å². The summed E-state index contributed by atoms with van der Waals surface area (Å²) < 4.78 is 0. The molecule has 0 aliphatic rings. The minimum Gasteiger partial charge on any atom is -0.388 e. The van der Waals surface area contributed by atoms with Gasteiger partial charge >= 0.3 is 0 Å². The zero-order chi connectivity index (χ0) is 13.0. The van der Waals surface area contributed by atoms with Gasteiger partial charge in [-0.3, -0.25) is 0 Å². The maximum atomic E-state index is 10.1. The number of aliphatic hydroxyl groups is 1. The van der Waals surface area contributed by atoms with Gasteiger partial charge in [-0.15, -0.1) is 0 Å². The van der Waals surface area contributed by atoms with Crippen molar-refractivity contribution in [2.24, 2.45) is 0 Å². The van der Waals surface area contributed by atoms with Gasteiger partial charge in [-0.2, -0.15) is 0 Å². The second kappa shape index (κ2) is 5.83. The molecule has 2 aromatic carbocycles. The van der Waals surface area contributed by atoms with E-state index in [1.165, 1.54) is 16.7 Å². The Labute approximate surface area is 109 Å². The molecule has 0 aliphatic heterocycles. The molecule has 0 fully saturated rings. The van der Waals surface area contributed by atoms with E-state index in [0.717, 1.165) is 18.4 Å². The molecule has 1 nitrogen and oxygen atoms in total. The smallest absolute Gasteiger partial charge is 0.0793 e. The van der Waals surface area contributed by atoms with Crippen LogP contribution in [0.5, 0.6) is 0 Å². The standard InChI is InChI=1S/C17H20O/c1-13-8-9-15(14(2)12-13)10-11-17(18)16-6-4-3-5-7-16/h3-9,12,17-18H,10-11H2,1-2H3. The zero-order valence-corrected chi connectivity index (χ0v) is 11.1. The van der Waals surface area contributed by atoms with Crippen LogP contribution in [0, 0.1) is 13.8 Å². The van der Waals surface area contributed by atoms with Crippen LogP contribution in [0.25, 0.3) is 0 Å². The van der Waals surface area contributed by atoms with Crippen LogP contribution >= 0.6 is 0 Å². The summed E-state index contributed by atoms with van der Waals surface area (Å²) in [6, 6.07) is 16.4. The van der Waals surface area contributed by atoms with Crippen LogP contribution in [0.2, 0.25) is 0 Å². The highest BCUT2D eigenvalue weighted by Crippen LogP contribution is 2.20. The van der Waals surface area contributed by atoms with Crippen LogP contribution in [0.1, 0.15) is 34.8 Å². The van der Waals surface area contributed by atoms with Crippen molar-refractivity contribution in [3.63, 3.8) is 0 Å². The van der Waals surface area contributed by atoms with Crippen molar-refractivity contribution in [1.82, 2.24) is 0 Å². The summed E-state index contributed by atoms with van der Waals surface area (Å²) in [6.45, 7) is 4.24. The molecule has 1 N–H and O–H groups in total. The van der Waals surface area contributed by atoms with Crippen LogP contribution in [0.4, 0.5) is 0 Å². The molecule has 94 valence electrons. The van der Waals surface area contributed by atoms with Gasteiger partial charge in [0, 0.05) is 0 Å². The molecule has 0 amide bonds. The average Bonchev–Trinajstić information content (AvgIpc) is 2.38. The normalized spacial score (nSPS) is 12.4. The van der Waals surface area contributed by atoms with E-state index in [4.69, 9.17) is 0 Å². The van der Waals surface area contributed by atoms with E-state index in [1.807, 2.05) is 30.3 Å². The molecule has 1 unspecified atom stereocenters. The molecule has 0 aliphatic carbocycles. The molecule has 0 aromatic heterocycles. The van der Waals surface area contributed by atoms with Gasteiger partial charge in [-0.05, 0) is 43.4 Å². The van der Waals surface area contributed by atoms with Gasteiger partial charge in [-0.25, -0.2) is 0 Å². The summed E-state index contributed by atoms with van der Waals surface area (Å²) in [4.78, 5) is 0. The second-order valence-electron chi connectivity index (χ2n) is 4.90. The molecule has 1 heteroatoms. The van der Waals surface area contributed by atoms with Crippen molar-refractivity contribution < 1.29 is 5.11 Å². The van der Waals surface area contributed by atoms with Crippen LogP contribution in [0.15, 0.2) is 48.5 Å². The van der Waals surface area contributed by atoms with Gasteiger partial charge in [0.05, 0.1) is 6.10 Å². The highest BCUT2D eigenvalue weighted by Gasteiger charge is 2.08. The van der Waals surface area contributed by atoms with Crippen LogP contribution in [-0.4, -0.2) is 5.11 Å². The van der Waals surface area contributed by atoms with E-state index in [0.29, 0.717) is 0 Å². The molecule has 0 saturated carbocycles. The molecule has 0 bridgehead atoms. The zero-order valence-electron chi connectivity index (χ0n) is 11.1. The Kier molecular flexibility index (Phi) is 4.16. The third kappa shape index (κ3) is 3.21. The maximum Gasteiger partial charge on any atom is 0.0793 e. The quantitative estimate of drug-likeness (QED) is 0.857. The number of benzene rings is 2. The third-order valence-corrected chi connectivity index (χ3v) is 3.37. The van der Waals surface area contributed by atoms with Gasteiger partial charge in [0.25, 0.3) is 0 Å². The van der Waals surface area contributed by atoms with E-state index in [-0.39, 0.29) is 6.10 Å². The SMILES string of the molecule is Cc1ccc(CCC(O)c2ccccc2)c(C)c1. The van der Waals surface area contributed by atoms with E-state index in [1.54, 1.807) is 0 Å². The summed E-state index contributed by atoms with van der Waals surface area (Å²) in [6.07, 6.45) is 1.32. The fourth-order valence-electron chi connectivity index (χ4n) is 2.26. The summed E-state index contributed by atoms with van der Waals surface area (Å²) in [5.41, 5.74) is 4.94. The van der Waals surface area contributed by atoms with Gasteiger partial charge in [-0.1, -0.05) is 54.1 Å². The minimum absolute atomic E-state index is 0.369. The number of aliphatic hydroxyl groups excluding tert-OH is 1. The lowest BCUT2D eigenvalue weighted by Crippen LogP contribution is -2.00. The largest absolute Gasteiger partial charge is 0.388 e. The lowest BCUT2D eigenvalue weighted by Gasteiger charge is -2.12. The lowest BCUT2D eigenvalue weighted by atomic mass is 9.97. The predicted octanol–water partition coefficient (Wildman–Crippen LogP) is 3.97. The van der Waals surface area contributed by atoms with Crippen molar-refractivity contribution in [3.05, 3.63) is 70.8 Å². The van der Waals surface area contributed by atoms with Crippen LogP contribution < -0.4 is 0 Å². The molecule has 2 rings (SSSR count). The number of rotatable bonds is 4. The molecule has 1 atom stereocenters. The average molecular weight is 240 g/mol. The predicted molar refractivity (Wildman–Crippen MR) is 75.6 cm³/mol. The molecule has 0 saturated heterocycles. The first-order valence-corrected chi connectivity index (χ1v) is 6.46. The Morgan fingerprint density at radius 3 is 2.39 bits per heavy atom. The molecule has 0 radical (unpaired) electrons. The Balaban J connectivity index is 1.99. The number of hydrogen-bond acceptors (Lipinski definition) is 1. The minimum atomic E-state index is -0.369. The van der Waals surface area contributed by atoms with E-state index >= 15 is 0 Å². The Bertz CT molecular complexity index is 502. The molecule has 0 heterocycles. The topological polar surface area (TPSA) is 20.2 Å². The van der Waals surface area contributed by atoms with Crippen LogP contribution in [-0.2, 0) is 6.42 Å². The molecular formula is C17H20O. The first-order chi connectivity index (χ1) is 8.66. The van der Waals surface area contributed by atoms with Crippen molar-refractivity contribution in [2.45, 2.75) is 32.8 Å². The first kappa shape index (κ1) is 12.8. The Morgan fingerprint density at radius 1 is 1.00 bits per heavy atom. The van der Waals surface area contributed by atoms with Crippen molar-refractivity contribution in [1.29, 1.82) is 0 Å². The maximum absolute atomic E-state index is 10.1. The summed E-state index contributed by atoms with van der Waals surface area (Å²) in [5.74, 6) is 0. The number of aryl methyl sites for hydroxylation is 3. The third-order valence-electron chi connectivity index (χ3n) is 3.37. The first-order valence-electron chi connectivity index (χ1n) is 6.46. The molecule has 18 heavy (non-hydrogen) atoms. The van der Waals surface area contributed by atoms with Gasteiger partial charge in [0.1, 0.15) is 0 Å². The molecule has 2 aromatic rings. The number of hydrogen-bond donors (Lipinski definition) is 1. The fourth-order valence-corrected chi connectivity index (χ4v) is 2.26. The van der Waals surface area contributed by atoms with Crippen LogP contribution in [0.3, 0.4) is 0 Å².